The molecule has 1 aliphatic carbocycles. The third kappa shape index (κ3) is 4.35. The van der Waals surface area contributed by atoms with E-state index in [9.17, 15) is 9.90 Å². The van der Waals surface area contributed by atoms with Gasteiger partial charge < -0.3 is 10.4 Å². The first-order chi connectivity index (χ1) is 7.39. The molecular weight excluding hydrogens is 202 g/mol. The molecule has 2 atom stereocenters. The van der Waals surface area contributed by atoms with Crippen molar-refractivity contribution in [1.82, 2.24) is 5.32 Å². The molecule has 0 bridgehead atoms. The number of hydrogen-bond acceptors (Lipinski definition) is 2. The van der Waals surface area contributed by atoms with Crippen LogP contribution in [0.25, 0.3) is 0 Å². The summed E-state index contributed by atoms with van der Waals surface area (Å²) in [6, 6.07) is 0. The lowest BCUT2D eigenvalue weighted by atomic mass is 9.89. The van der Waals surface area contributed by atoms with Crippen LogP contribution in [0.2, 0.25) is 0 Å². The fourth-order valence-corrected chi connectivity index (χ4v) is 1.69. The number of rotatable bonds is 4. The first-order valence-corrected chi connectivity index (χ1v) is 6.01. The zero-order chi connectivity index (χ0) is 12.2. The van der Waals surface area contributed by atoms with Gasteiger partial charge in [-0.2, -0.15) is 0 Å². The molecule has 0 fully saturated rings. The lowest BCUT2D eigenvalue weighted by Crippen LogP contribution is -2.39. The number of aliphatic hydroxyl groups excluding tert-OH is 1. The van der Waals surface area contributed by atoms with Gasteiger partial charge in [0.15, 0.2) is 0 Å². The number of carbonyl (C=O) groups excluding carboxylic acids is 1. The Bertz CT molecular complexity index is 266. The molecule has 3 heteroatoms. The third-order valence-corrected chi connectivity index (χ3v) is 3.05. The van der Waals surface area contributed by atoms with Crippen molar-refractivity contribution < 1.29 is 9.90 Å². The minimum absolute atomic E-state index is 0.0415. The minimum Gasteiger partial charge on any atom is -0.391 e. The van der Waals surface area contributed by atoms with Crippen molar-refractivity contribution in [3.8, 4) is 0 Å². The summed E-state index contributed by atoms with van der Waals surface area (Å²) in [5.41, 5.74) is -0.180. The molecule has 16 heavy (non-hydrogen) atoms. The van der Waals surface area contributed by atoms with Gasteiger partial charge in [-0.1, -0.05) is 32.9 Å². The lowest BCUT2D eigenvalue weighted by molar-refractivity contribution is -0.122. The second-order valence-corrected chi connectivity index (χ2v) is 5.66. The van der Waals surface area contributed by atoms with Gasteiger partial charge >= 0.3 is 0 Å². The molecule has 2 N–H and O–H groups in total. The van der Waals surface area contributed by atoms with Crippen molar-refractivity contribution in [2.24, 2.45) is 11.3 Å². The first-order valence-electron chi connectivity index (χ1n) is 6.01. The molecule has 1 aliphatic rings. The zero-order valence-corrected chi connectivity index (χ0v) is 10.5. The molecule has 0 aliphatic heterocycles. The van der Waals surface area contributed by atoms with Gasteiger partial charge in [-0.25, -0.2) is 0 Å². The van der Waals surface area contributed by atoms with Gasteiger partial charge in [-0.05, 0) is 24.2 Å². The summed E-state index contributed by atoms with van der Waals surface area (Å²) in [7, 11) is 0. The summed E-state index contributed by atoms with van der Waals surface area (Å²) in [5.74, 6) is 0.437. The Morgan fingerprint density at radius 1 is 1.56 bits per heavy atom. The van der Waals surface area contributed by atoms with E-state index in [1.165, 1.54) is 0 Å². The minimum atomic E-state index is -0.490. The van der Waals surface area contributed by atoms with Crippen LogP contribution in [0.15, 0.2) is 12.2 Å². The molecule has 2 unspecified atom stereocenters. The molecule has 0 radical (unpaired) electrons. The summed E-state index contributed by atoms with van der Waals surface area (Å²) in [5, 5.41) is 12.6. The molecule has 0 aromatic rings. The molecule has 0 spiro atoms. The van der Waals surface area contributed by atoms with Crippen LogP contribution in [-0.2, 0) is 4.79 Å². The maximum atomic E-state index is 11.6. The van der Waals surface area contributed by atoms with E-state index in [4.69, 9.17) is 0 Å². The van der Waals surface area contributed by atoms with E-state index in [0.29, 0.717) is 18.9 Å². The highest BCUT2D eigenvalue weighted by molar-refractivity contribution is 5.76. The molecule has 92 valence electrons. The maximum Gasteiger partial charge on any atom is 0.220 e. The van der Waals surface area contributed by atoms with Crippen LogP contribution in [-0.4, -0.2) is 23.7 Å². The predicted octanol–water partition coefficient (Wildman–Crippen LogP) is 1.87. The first kappa shape index (κ1) is 13.2. The van der Waals surface area contributed by atoms with E-state index in [-0.39, 0.29) is 11.3 Å². The number of aliphatic hydroxyl groups is 1. The van der Waals surface area contributed by atoms with Crippen molar-refractivity contribution in [2.45, 2.75) is 46.1 Å². The largest absolute Gasteiger partial charge is 0.391 e. The molecule has 0 aromatic carbocycles. The quantitative estimate of drug-likeness (QED) is 0.718. The van der Waals surface area contributed by atoms with Crippen molar-refractivity contribution >= 4 is 5.91 Å². The van der Waals surface area contributed by atoms with E-state index in [1.807, 2.05) is 20.8 Å². The van der Waals surface area contributed by atoms with Crippen LogP contribution in [0, 0.1) is 11.3 Å². The Hall–Kier alpha value is -0.830. The summed E-state index contributed by atoms with van der Waals surface area (Å²) in [4.78, 5) is 11.6. The van der Waals surface area contributed by atoms with Crippen LogP contribution in [0.3, 0.4) is 0 Å². The van der Waals surface area contributed by atoms with E-state index >= 15 is 0 Å². The second-order valence-electron chi connectivity index (χ2n) is 5.66. The average molecular weight is 225 g/mol. The van der Waals surface area contributed by atoms with Crippen LogP contribution in [0.1, 0.15) is 40.0 Å². The van der Waals surface area contributed by atoms with E-state index < -0.39 is 6.10 Å². The van der Waals surface area contributed by atoms with E-state index in [2.05, 4.69) is 17.5 Å². The van der Waals surface area contributed by atoms with Crippen LogP contribution < -0.4 is 5.32 Å². The summed E-state index contributed by atoms with van der Waals surface area (Å²) in [6.07, 6.45) is 6.46. The van der Waals surface area contributed by atoms with Gasteiger partial charge in [-0.15, -0.1) is 0 Å². The topological polar surface area (TPSA) is 49.3 Å². The summed E-state index contributed by atoms with van der Waals surface area (Å²) in [6.45, 7) is 6.23. The molecule has 0 heterocycles. The Morgan fingerprint density at radius 3 is 2.75 bits per heavy atom. The number of hydrogen-bond donors (Lipinski definition) is 2. The monoisotopic (exact) mass is 225 g/mol. The standard InChI is InChI=1S/C13H23NO2/c1-13(2,3)11(15)9-14-12(16)8-10-6-4-5-7-10/h4,6,10-11,15H,5,7-9H2,1-3H3,(H,14,16). The van der Waals surface area contributed by atoms with Crippen molar-refractivity contribution in [3.05, 3.63) is 12.2 Å². The third-order valence-electron chi connectivity index (χ3n) is 3.05. The van der Waals surface area contributed by atoms with Gasteiger partial charge in [0.1, 0.15) is 0 Å². The maximum absolute atomic E-state index is 11.6. The molecule has 0 saturated heterocycles. The van der Waals surface area contributed by atoms with Crippen LogP contribution in [0.5, 0.6) is 0 Å². The molecule has 1 rings (SSSR count). The molecule has 0 aromatic heterocycles. The SMILES string of the molecule is CC(C)(C)C(O)CNC(=O)CC1C=CCC1. The zero-order valence-electron chi connectivity index (χ0n) is 10.5. The van der Waals surface area contributed by atoms with Crippen molar-refractivity contribution in [2.75, 3.05) is 6.54 Å². The van der Waals surface area contributed by atoms with Gasteiger partial charge in [-0.3, -0.25) is 4.79 Å². The van der Waals surface area contributed by atoms with Crippen LogP contribution >= 0.6 is 0 Å². The smallest absolute Gasteiger partial charge is 0.220 e. The van der Waals surface area contributed by atoms with Crippen molar-refractivity contribution in [1.29, 1.82) is 0 Å². The van der Waals surface area contributed by atoms with Gasteiger partial charge in [0.2, 0.25) is 5.91 Å². The summed E-state index contributed by atoms with van der Waals surface area (Å²) >= 11 is 0. The van der Waals surface area contributed by atoms with Crippen LogP contribution in [0.4, 0.5) is 0 Å². The summed E-state index contributed by atoms with van der Waals surface area (Å²) < 4.78 is 0. The van der Waals surface area contributed by atoms with Gasteiger partial charge in [0.25, 0.3) is 0 Å². The Morgan fingerprint density at radius 2 is 2.25 bits per heavy atom. The normalized spacial score (nSPS) is 22.1. The lowest BCUT2D eigenvalue weighted by Gasteiger charge is -2.26. The Balaban J connectivity index is 2.22. The highest BCUT2D eigenvalue weighted by atomic mass is 16.3. The molecule has 0 saturated carbocycles. The Kier molecular flexibility index (Phi) is 4.54. The Labute approximate surface area is 97.9 Å². The molecule has 1 amide bonds. The molecular formula is C13H23NO2. The van der Waals surface area contributed by atoms with Gasteiger partial charge in [0, 0.05) is 13.0 Å². The van der Waals surface area contributed by atoms with Crippen molar-refractivity contribution in [3.63, 3.8) is 0 Å². The predicted molar refractivity (Wildman–Crippen MR) is 65.0 cm³/mol. The number of allylic oxidation sites excluding steroid dienone is 2. The second kappa shape index (κ2) is 5.48. The van der Waals surface area contributed by atoms with Gasteiger partial charge in [0.05, 0.1) is 6.10 Å². The number of carbonyl (C=O) groups is 1. The fourth-order valence-electron chi connectivity index (χ4n) is 1.69. The van der Waals surface area contributed by atoms with E-state index in [0.717, 1.165) is 12.8 Å². The van der Waals surface area contributed by atoms with E-state index in [1.54, 1.807) is 0 Å². The highest BCUT2D eigenvalue weighted by Gasteiger charge is 2.22. The number of amides is 1. The average Bonchev–Trinajstić information content (AvgIpc) is 2.65. The fraction of sp³-hybridized carbons (Fsp3) is 0.769. The highest BCUT2D eigenvalue weighted by Crippen LogP contribution is 2.20. The molecule has 3 nitrogen and oxygen atoms in total. The number of nitrogens with one attached hydrogen (secondary N) is 1.